The van der Waals surface area contributed by atoms with Crippen LogP contribution in [-0.4, -0.2) is 30.0 Å². The highest BCUT2D eigenvalue weighted by molar-refractivity contribution is 6.31. The van der Waals surface area contributed by atoms with Gasteiger partial charge in [-0.05, 0) is 31.8 Å². The molecule has 1 aromatic rings. The maximum Gasteiger partial charge on any atom is 0.175 e. The molecule has 0 aliphatic carbocycles. The standard InChI is InChI=1S/C10H16ClN3O/c1-15-9-6-13-14(10(9)11)7-8-3-2-4-12-5-8/h6,8,12H,2-5,7H2,1H3. The van der Waals surface area contributed by atoms with Gasteiger partial charge < -0.3 is 10.1 Å². The molecule has 1 saturated heterocycles. The lowest BCUT2D eigenvalue weighted by atomic mass is 10.00. The van der Waals surface area contributed by atoms with Gasteiger partial charge in [-0.15, -0.1) is 0 Å². The van der Waals surface area contributed by atoms with Crippen molar-refractivity contribution in [2.45, 2.75) is 19.4 Å². The van der Waals surface area contributed by atoms with Gasteiger partial charge in [-0.1, -0.05) is 11.6 Å². The van der Waals surface area contributed by atoms with Crippen molar-refractivity contribution in [3.05, 3.63) is 11.3 Å². The fourth-order valence-corrected chi connectivity index (χ4v) is 2.18. The van der Waals surface area contributed by atoms with Crippen LogP contribution in [0.5, 0.6) is 5.75 Å². The molecule has 1 aromatic heterocycles. The summed E-state index contributed by atoms with van der Waals surface area (Å²) >= 11 is 6.10. The number of ether oxygens (including phenoxy) is 1. The molecule has 84 valence electrons. The van der Waals surface area contributed by atoms with Crippen LogP contribution in [0.1, 0.15) is 12.8 Å². The second kappa shape index (κ2) is 4.86. The minimum absolute atomic E-state index is 0.600. The molecule has 5 heteroatoms. The van der Waals surface area contributed by atoms with Crippen LogP contribution in [0.3, 0.4) is 0 Å². The van der Waals surface area contributed by atoms with Crippen molar-refractivity contribution in [1.29, 1.82) is 0 Å². The Hall–Kier alpha value is -0.740. The van der Waals surface area contributed by atoms with E-state index in [4.69, 9.17) is 16.3 Å². The fraction of sp³-hybridized carbons (Fsp3) is 0.700. The van der Waals surface area contributed by atoms with Gasteiger partial charge in [0.15, 0.2) is 10.9 Å². The van der Waals surface area contributed by atoms with E-state index in [9.17, 15) is 0 Å². The highest BCUT2D eigenvalue weighted by Crippen LogP contribution is 2.24. The first-order chi connectivity index (χ1) is 7.31. The molecule has 2 heterocycles. The third-order valence-corrected chi connectivity index (χ3v) is 3.18. The lowest BCUT2D eigenvalue weighted by molar-refractivity contribution is 0.324. The third kappa shape index (κ3) is 2.44. The summed E-state index contributed by atoms with van der Waals surface area (Å²) < 4.78 is 6.90. The van der Waals surface area contributed by atoms with Gasteiger partial charge >= 0.3 is 0 Å². The first-order valence-corrected chi connectivity index (χ1v) is 5.65. The predicted molar refractivity (Wildman–Crippen MR) is 59.4 cm³/mol. The molecule has 1 aliphatic heterocycles. The summed E-state index contributed by atoms with van der Waals surface area (Å²) in [6.45, 7) is 3.06. The van der Waals surface area contributed by atoms with Gasteiger partial charge in [0, 0.05) is 6.54 Å². The summed E-state index contributed by atoms with van der Waals surface area (Å²) in [6.07, 6.45) is 4.14. The highest BCUT2D eigenvalue weighted by atomic mass is 35.5. The monoisotopic (exact) mass is 229 g/mol. The molecule has 0 spiro atoms. The van der Waals surface area contributed by atoms with Crippen LogP contribution in [0.25, 0.3) is 0 Å². The number of hydrogen-bond acceptors (Lipinski definition) is 3. The lowest BCUT2D eigenvalue weighted by Gasteiger charge is -2.22. The zero-order valence-electron chi connectivity index (χ0n) is 8.87. The van der Waals surface area contributed by atoms with Crippen molar-refractivity contribution in [3.63, 3.8) is 0 Å². The van der Waals surface area contributed by atoms with Gasteiger partial charge in [-0.25, -0.2) is 0 Å². The number of nitrogens with one attached hydrogen (secondary N) is 1. The molecule has 4 nitrogen and oxygen atoms in total. The summed E-state index contributed by atoms with van der Waals surface area (Å²) in [5.41, 5.74) is 0. The Morgan fingerprint density at radius 2 is 2.60 bits per heavy atom. The maximum absolute atomic E-state index is 6.10. The van der Waals surface area contributed by atoms with Gasteiger partial charge in [-0.3, -0.25) is 4.68 Å². The molecule has 1 unspecified atom stereocenters. The first-order valence-electron chi connectivity index (χ1n) is 5.27. The topological polar surface area (TPSA) is 39.1 Å². The normalized spacial score (nSPS) is 21.6. The number of piperidine rings is 1. The zero-order valence-corrected chi connectivity index (χ0v) is 9.63. The molecule has 0 saturated carbocycles. The van der Waals surface area contributed by atoms with Crippen LogP contribution in [0.2, 0.25) is 5.15 Å². The first kappa shape index (κ1) is 10.8. The van der Waals surface area contributed by atoms with Crippen molar-refractivity contribution in [3.8, 4) is 5.75 Å². The largest absolute Gasteiger partial charge is 0.492 e. The molecule has 0 amide bonds. The minimum Gasteiger partial charge on any atom is -0.492 e. The highest BCUT2D eigenvalue weighted by Gasteiger charge is 2.16. The second-order valence-corrected chi connectivity index (χ2v) is 4.26. The van der Waals surface area contributed by atoms with Crippen LogP contribution in [0, 0.1) is 5.92 Å². The Kier molecular flexibility index (Phi) is 3.49. The molecule has 2 rings (SSSR count). The summed E-state index contributed by atoms with van der Waals surface area (Å²) in [4.78, 5) is 0. The van der Waals surface area contributed by atoms with Crippen LogP contribution in [-0.2, 0) is 6.54 Å². The third-order valence-electron chi connectivity index (χ3n) is 2.79. The van der Waals surface area contributed by atoms with Crippen molar-refractivity contribution in [2.75, 3.05) is 20.2 Å². The SMILES string of the molecule is COc1cnn(CC2CCCNC2)c1Cl. The van der Waals surface area contributed by atoms with Crippen molar-refractivity contribution >= 4 is 11.6 Å². The maximum atomic E-state index is 6.10. The van der Waals surface area contributed by atoms with Crippen LogP contribution in [0.15, 0.2) is 6.20 Å². The molecular weight excluding hydrogens is 214 g/mol. The minimum atomic E-state index is 0.600. The smallest absolute Gasteiger partial charge is 0.175 e. The predicted octanol–water partition coefficient (Wildman–Crippen LogP) is 1.54. The van der Waals surface area contributed by atoms with Crippen molar-refractivity contribution in [2.24, 2.45) is 5.92 Å². The number of aromatic nitrogens is 2. The van der Waals surface area contributed by atoms with Gasteiger partial charge in [0.25, 0.3) is 0 Å². The average molecular weight is 230 g/mol. The van der Waals surface area contributed by atoms with E-state index >= 15 is 0 Å². The van der Waals surface area contributed by atoms with E-state index < -0.39 is 0 Å². The van der Waals surface area contributed by atoms with Crippen LogP contribution < -0.4 is 10.1 Å². The Labute approximate surface area is 94.6 Å². The second-order valence-electron chi connectivity index (χ2n) is 3.90. The molecule has 1 N–H and O–H groups in total. The van der Waals surface area contributed by atoms with Crippen molar-refractivity contribution < 1.29 is 4.74 Å². The number of methoxy groups -OCH3 is 1. The van der Waals surface area contributed by atoms with Gasteiger partial charge in [0.1, 0.15) is 0 Å². The molecule has 0 radical (unpaired) electrons. The quantitative estimate of drug-likeness (QED) is 0.855. The van der Waals surface area contributed by atoms with E-state index in [1.807, 2.05) is 4.68 Å². The average Bonchev–Trinajstić information content (AvgIpc) is 2.62. The molecule has 1 atom stereocenters. The van der Waals surface area contributed by atoms with Crippen LogP contribution in [0.4, 0.5) is 0 Å². The van der Waals surface area contributed by atoms with E-state index in [0.29, 0.717) is 16.8 Å². The number of nitrogens with zero attached hydrogens (tertiary/aromatic N) is 2. The fourth-order valence-electron chi connectivity index (χ4n) is 1.94. The molecule has 0 aromatic carbocycles. The molecule has 1 fully saturated rings. The summed E-state index contributed by atoms with van der Waals surface area (Å²) in [7, 11) is 1.61. The van der Waals surface area contributed by atoms with E-state index in [2.05, 4.69) is 10.4 Å². The van der Waals surface area contributed by atoms with E-state index in [1.165, 1.54) is 12.8 Å². The molecular formula is C10H16ClN3O. The molecule has 0 bridgehead atoms. The Morgan fingerprint density at radius 1 is 1.73 bits per heavy atom. The summed E-state index contributed by atoms with van der Waals surface area (Å²) in [6, 6.07) is 0. The summed E-state index contributed by atoms with van der Waals surface area (Å²) in [5.74, 6) is 1.28. The number of hydrogen-bond donors (Lipinski definition) is 1. The van der Waals surface area contributed by atoms with Gasteiger partial charge in [-0.2, -0.15) is 5.10 Å². The van der Waals surface area contributed by atoms with Gasteiger partial charge in [0.2, 0.25) is 0 Å². The number of rotatable bonds is 3. The van der Waals surface area contributed by atoms with Crippen molar-refractivity contribution in [1.82, 2.24) is 15.1 Å². The van der Waals surface area contributed by atoms with Gasteiger partial charge in [0.05, 0.1) is 13.3 Å². The van der Waals surface area contributed by atoms with E-state index in [1.54, 1.807) is 13.3 Å². The number of halogens is 1. The van der Waals surface area contributed by atoms with E-state index in [-0.39, 0.29) is 0 Å². The van der Waals surface area contributed by atoms with E-state index in [0.717, 1.165) is 19.6 Å². The molecule has 15 heavy (non-hydrogen) atoms. The molecule has 1 aliphatic rings. The Morgan fingerprint density at radius 3 is 3.20 bits per heavy atom. The Balaban J connectivity index is 2.00. The lowest BCUT2D eigenvalue weighted by Crippen LogP contribution is -2.32. The Bertz CT molecular complexity index is 320. The zero-order chi connectivity index (χ0) is 10.7. The van der Waals surface area contributed by atoms with Crippen LogP contribution >= 0.6 is 11.6 Å². The summed E-state index contributed by atoms with van der Waals surface area (Å²) in [5, 5.41) is 8.19.